The van der Waals surface area contributed by atoms with Crippen LogP contribution in [0.1, 0.15) is 31.5 Å². The number of aliphatic hydroxyl groups is 1. The van der Waals surface area contributed by atoms with Gasteiger partial charge in [0.25, 0.3) is 0 Å². The van der Waals surface area contributed by atoms with E-state index in [9.17, 15) is 9.90 Å². The lowest BCUT2D eigenvalue weighted by Gasteiger charge is -2.36. The molecule has 3 N–H and O–H groups in total. The predicted octanol–water partition coefficient (Wildman–Crippen LogP) is 1.53. The lowest BCUT2D eigenvalue weighted by molar-refractivity contribution is -0.123. The van der Waals surface area contributed by atoms with E-state index in [1.165, 1.54) is 0 Å². The van der Waals surface area contributed by atoms with Crippen molar-refractivity contribution >= 4 is 16.9 Å². The van der Waals surface area contributed by atoms with Crippen LogP contribution in [-0.2, 0) is 11.2 Å². The summed E-state index contributed by atoms with van der Waals surface area (Å²) in [5, 5.41) is 12.7. The number of carbonyl (C=O) groups excluding carboxylic acids is 1. The Morgan fingerprint density at radius 1 is 1.40 bits per heavy atom. The zero-order valence-corrected chi connectivity index (χ0v) is 11.4. The number of H-pyrrole nitrogens is 1. The van der Waals surface area contributed by atoms with Gasteiger partial charge in [0, 0.05) is 19.4 Å². The molecular weight excluding hydrogens is 254 g/mol. The number of carbonyl (C=O) groups is 1. The summed E-state index contributed by atoms with van der Waals surface area (Å²) in [5.41, 5.74) is 1.26. The molecule has 1 heterocycles. The molecule has 1 aliphatic rings. The van der Waals surface area contributed by atoms with Gasteiger partial charge in [-0.05, 0) is 31.4 Å². The molecule has 5 nitrogen and oxygen atoms in total. The Morgan fingerprint density at radius 3 is 2.90 bits per heavy atom. The molecule has 3 rings (SSSR count). The van der Waals surface area contributed by atoms with Crippen LogP contribution < -0.4 is 5.32 Å². The summed E-state index contributed by atoms with van der Waals surface area (Å²) in [6.45, 7) is 0.367. The average molecular weight is 273 g/mol. The standard InChI is InChI=1S/C15H19N3O2/c19-14(16-10-15(20)8-3-9-15)7-6-13-17-11-4-1-2-5-12(11)18-13/h1-2,4-5,20H,3,6-10H2,(H,16,19)(H,17,18). The second kappa shape index (κ2) is 5.25. The van der Waals surface area contributed by atoms with E-state index < -0.39 is 5.60 Å². The van der Waals surface area contributed by atoms with Gasteiger partial charge in [-0.1, -0.05) is 12.1 Å². The van der Waals surface area contributed by atoms with E-state index in [-0.39, 0.29) is 5.91 Å². The molecule has 0 atom stereocenters. The fourth-order valence-corrected chi connectivity index (χ4v) is 2.47. The summed E-state index contributed by atoms with van der Waals surface area (Å²) in [6, 6.07) is 7.81. The Hall–Kier alpha value is -1.88. The normalized spacial score (nSPS) is 16.9. The summed E-state index contributed by atoms with van der Waals surface area (Å²) < 4.78 is 0. The van der Waals surface area contributed by atoms with Crippen LogP contribution in [0.2, 0.25) is 0 Å². The summed E-state index contributed by atoms with van der Waals surface area (Å²) >= 11 is 0. The van der Waals surface area contributed by atoms with Crippen molar-refractivity contribution in [1.82, 2.24) is 15.3 Å². The van der Waals surface area contributed by atoms with Gasteiger partial charge >= 0.3 is 0 Å². The molecule has 1 aliphatic carbocycles. The molecule has 0 radical (unpaired) electrons. The molecule has 106 valence electrons. The van der Waals surface area contributed by atoms with Gasteiger partial charge in [0.05, 0.1) is 16.6 Å². The molecule has 1 aromatic carbocycles. The number of aromatic amines is 1. The minimum Gasteiger partial charge on any atom is -0.388 e. The number of hydrogen-bond donors (Lipinski definition) is 3. The third-order valence-electron chi connectivity index (χ3n) is 3.93. The molecular formula is C15H19N3O2. The maximum atomic E-state index is 11.8. The van der Waals surface area contributed by atoms with Crippen LogP contribution in [0.25, 0.3) is 11.0 Å². The number of imidazole rings is 1. The topological polar surface area (TPSA) is 78.0 Å². The van der Waals surface area contributed by atoms with Crippen molar-refractivity contribution in [2.45, 2.75) is 37.7 Å². The van der Waals surface area contributed by atoms with Gasteiger partial charge < -0.3 is 15.4 Å². The number of fused-ring (bicyclic) bond motifs is 1. The average Bonchev–Trinajstić information content (AvgIpc) is 2.83. The number of aryl methyl sites for hydroxylation is 1. The minimum absolute atomic E-state index is 0.0363. The summed E-state index contributed by atoms with van der Waals surface area (Å²) in [6.07, 6.45) is 3.59. The fraction of sp³-hybridized carbons (Fsp3) is 0.467. The van der Waals surface area contributed by atoms with Crippen LogP contribution in [-0.4, -0.2) is 33.1 Å². The highest BCUT2D eigenvalue weighted by Crippen LogP contribution is 2.30. The van der Waals surface area contributed by atoms with Gasteiger partial charge in [0.1, 0.15) is 5.82 Å². The van der Waals surface area contributed by atoms with Crippen LogP contribution in [0.5, 0.6) is 0 Å². The van der Waals surface area contributed by atoms with Crippen LogP contribution in [0.4, 0.5) is 0 Å². The van der Waals surface area contributed by atoms with Crippen LogP contribution in [0, 0.1) is 0 Å². The molecule has 1 fully saturated rings. The third kappa shape index (κ3) is 2.82. The number of hydrogen-bond acceptors (Lipinski definition) is 3. The molecule has 0 unspecified atom stereocenters. The Balaban J connectivity index is 1.49. The zero-order valence-electron chi connectivity index (χ0n) is 11.4. The van der Waals surface area contributed by atoms with Crippen molar-refractivity contribution in [3.05, 3.63) is 30.1 Å². The summed E-state index contributed by atoms with van der Waals surface area (Å²) in [5.74, 6) is 0.787. The van der Waals surface area contributed by atoms with Crippen LogP contribution >= 0.6 is 0 Å². The lowest BCUT2D eigenvalue weighted by Crippen LogP contribution is -2.47. The number of aromatic nitrogens is 2. The summed E-state index contributed by atoms with van der Waals surface area (Å²) in [4.78, 5) is 19.4. The second-order valence-electron chi connectivity index (χ2n) is 5.56. The van der Waals surface area contributed by atoms with Gasteiger partial charge in [-0.2, -0.15) is 0 Å². The summed E-state index contributed by atoms with van der Waals surface area (Å²) in [7, 11) is 0. The molecule has 0 saturated heterocycles. The van der Waals surface area contributed by atoms with E-state index >= 15 is 0 Å². The highest BCUT2D eigenvalue weighted by molar-refractivity contribution is 5.77. The number of nitrogens with zero attached hydrogens (tertiary/aromatic N) is 1. The molecule has 0 bridgehead atoms. The van der Waals surface area contributed by atoms with Crippen molar-refractivity contribution in [1.29, 1.82) is 0 Å². The smallest absolute Gasteiger partial charge is 0.220 e. The van der Waals surface area contributed by atoms with Crippen molar-refractivity contribution in [2.24, 2.45) is 0 Å². The number of amides is 1. The second-order valence-corrected chi connectivity index (χ2v) is 5.56. The quantitative estimate of drug-likeness (QED) is 0.773. The first kappa shape index (κ1) is 13.1. The van der Waals surface area contributed by atoms with Crippen molar-refractivity contribution < 1.29 is 9.90 Å². The van der Waals surface area contributed by atoms with Gasteiger partial charge in [-0.25, -0.2) is 4.98 Å². The van der Waals surface area contributed by atoms with E-state index in [1.807, 2.05) is 24.3 Å². The van der Waals surface area contributed by atoms with Crippen molar-refractivity contribution in [3.63, 3.8) is 0 Å². The Morgan fingerprint density at radius 2 is 2.20 bits per heavy atom. The maximum Gasteiger partial charge on any atom is 0.220 e. The number of para-hydroxylation sites is 2. The Kier molecular flexibility index (Phi) is 3.44. The molecule has 5 heteroatoms. The number of rotatable bonds is 5. The van der Waals surface area contributed by atoms with E-state index in [2.05, 4.69) is 15.3 Å². The Labute approximate surface area is 117 Å². The van der Waals surface area contributed by atoms with Crippen LogP contribution in [0.3, 0.4) is 0 Å². The molecule has 0 spiro atoms. The monoisotopic (exact) mass is 273 g/mol. The highest BCUT2D eigenvalue weighted by atomic mass is 16.3. The Bertz CT molecular complexity index is 583. The SMILES string of the molecule is O=C(CCc1nc2ccccc2[nH]1)NCC1(O)CCC1. The van der Waals surface area contributed by atoms with Crippen LogP contribution in [0.15, 0.2) is 24.3 Å². The van der Waals surface area contributed by atoms with Crippen molar-refractivity contribution in [3.8, 4) is 0 Å². The lowest BCUT2D eigenvalue weighted by atomic mass is 9.80. The van der Waals surface area contributed by atoms with E-state index in [1.54, 1.807) is 0 Å². The molecule has 2 aromatic rings. The first-order valence-electron chi connectivity index (χ1n) is 7.07. The first-order chi connectivity index (χ1) is 9.65. The first-order valence-corrected chi connectivity index (χ1v) is 7.07. The number of benzene rings is 1. The minimum atomic E-state index is -0.658. The molecule has 1 saturated carbocycles. The van der Waals surface area contributed by atoms with Crippen molar-refractivity contribution in [2.75, 3.05) is 6.54 Å². The maximum absolute atomic E-state index is 11.8. The number of nitrogens with one attached hydrogen (secondary N) is 2. The van der Waals surface area contributed by atoms with Gasteiger partial charge in [0.15, 0.2) is 0 Å². The third-order valence-corrected chi connectivity index (χ3v) is 3.93. The molecule has 20 heavy (non-hydrogen) atoms. The fourth-order valence-electron chi connectivity index (χ4n) is 2.47. The predicted molar refractivity (Wildman–Crippen MR) is 76.2 cm³/mol. The largest absolute Gasteiger partial charge is 0.388 e. The van der Waals surface area contributed by atoms with E-state index in [0.29, 0.717) is 19.4 Å². The van der Waals surface area contributed by atoms with Gasteiger partial charge in [0.2, 0.25) is 5.91 Å². The van der Waals surface area contributed by atoms with E-state index in [4.69, 9.17) is 0 Å². The van der Waals surface area contributed by atoms with E-state index in [0.717, 1.165) is 36.1 Å². The van der Waals surface area contributed by atoms with Gasteiger partial charge in [-0.3, -0.25) is 4.79 Å². The highest BCUT2D eigenvalue weighted by Gasteiger charge is 2.34. The molecule has 0 aliphatic heterocycles. The molecule has 1 aromatic heterocycles. The van der Waals surface area contributed by atoms with Gasteiger partial charge in [-0.15, -0.1) is 0 Å². The zero-order chi connectivity index (χ0) is 14.0. The molecule has 1 amide bonds.